The first kappa shape index (κ1) is 9.67. The number of ether oxygens (including phenoxy) is 2. The van der Waals surface area contributed by atoms with E-state index in [-0.39, 0.29) is 6.73 Å². The molecule has 0 saturated heterocycles. The first-order valence-electron chi connectivity index (χ1n) is 3.88. The third-order valence-corrected chi connectivity index (χ3v) is 1.68. The molecule has 4 heteroatoms. The molecular formula is C9H13NO3. The van der Waals surface area contributed by atoms with Gasteiger partial charge in [-0.15, -0.1) is 0 Å². The van der Waals surface area contributed by atoms with Gasteiger partial charge in [0.1, 0.15) is 18.2 Å². The molecule has 0 aromatic heterocycles. The van der Waals surface area contributed by atoms with Gasteiger partial charge in [-0.25, -0.2) is 0 Å². The van der Waals surface area contributed by atoms with Crippen LogP contribution in [0.1, 0.15) is 0 Å². The number of aliphatic hydroxyl groups is 1. The zero-order chi connectivity index (χ0) is 9.68. The number of benzene rings is 1. The number of hydrogen-bond donors (Lipinski definition) is 2. The Morgan fingerprint density at radius 3 is 2.62 bits per heavy atom. The molecule has 0 saturated carbocycles. The van der Waals surface area contributed by atoms with Crippen LogP contribution in [0.15, 0.2) is 18.2 Å². The van der Waals surface area contributed by atoms with Crippen LogP contribution in [0, 0.1) is 0 Å². The lowest BCUT2D eigenvalue weighted by molar-refractivity contribution is 0.324. The van der Waals surface area contributed by atoms with Crippen molar-refractivity contribution in [2.75, 3.05) is 26.3 Å². The highest BCUT2D eigenvalue weighted by Crippen LogP contribution is 2.28. The van der Waals surface area contributed by atoms with Gasteiger partial charge in [0.2, 0.25) is 0 Å². The molecule has 72 valence electrons. The fourth-order valence-corrected chi connectivity index (χ4v) is 1.03. The SMILES string of the molecule is COc1ccc(NCO)c(OC)c1. The Labute approximate surface area is 77.1 Å². The molecule has 0 spiro atoms. The lowest BCUT2D eigenvalue weighted by Crippen LogP contribution is -2.01. The molecule has 0 atom stereocenters. The van der Waals surface area contributed by atoms with Crippen LogP contribution in [0.2, 0.25) is 0 Å². The summed E-state index contributed by atoms with van der Waals surface area (Å²) in [6, 6.07) is 5.33. The molecule has 0 amide bonds. The van der Waals surface area contributed by atoms with Crippen molar-refractivity contribution < 1.29 is 14.6 Å². The summed E-state index contributed by atoms with van der Waals surface area (Å²) in [7, 11) is 3.16. The second-order valence-electron chi connectivity index (χ2n) is 2.40. The third kappa shape index (κ3) is 2.26. The lowest BCUT2D eigenvalue weighted by Gasteiger charge is -2.10. The summed E-state index contributed by atoms with van der Waals surface area (Å²) in [5.41, 5.74) is 0.741. The van der Waals surface area contributed by atoms with E-state index < -0.39 is 0 Å². The van der Waals surface area contributed by atoms with Gasteiger partial charge in [-0.1, -0.05) is 0 Å². The van der Waals surface area contributed by atoms with Gasteiger partial charge < -0.3 is 19.9 Å². The number of nitrogens with one attached hydrogen (secondary N) is 1. The Morgan fingerprint density at radius 1 is 1.31 bits per heavy atom. The Balaban J connectivity index is 2.93. The van der Waals surface area contributed by atoms with Gasteiger partial charge in [-0.2, -0.15) is 0 Å². The van der Waals surface area contributed by atoms with Crippen molar-refractivity contribution in [3.05, 3.63) is 18.2 Å². The summed E-state index contributed by atoms with van der Waals surface area (Å²) in [5, 5.41) is 11.4. The van der Waals surface area contributed by atoms with E-state index in [9.17, 15) is 0 Å². The summed E-state index contributed by atoms with van der Waals surface area (Å²) < 4.78 is 10.1. The Bertz CT molecular complexity index is 276. The number of anilines is 1. The highest BCUT2D eigenvalue weighted by atomic mass is 16.5. The Morgan fingerprint density at radius 2 is 2.08 bits per heavy atom. The Kier molecular flexibility index (Phi) is 3.40. The maximum Gasteiger partial charge on any atom is 0.145 e. The summed E-state index contributed by atoms with van der Waals surface area (Å²) >= 11 is 0. The lowest BCUT2D eigenvalue weighted by atomic mass is 10.3. The largest absolute Gasteiger partial charge is 0.497 e. The minimum absolute atomic E-state index is 0.122. The van der Waals surface area contributed by atoms with Crippen molar-refractivity contribution in [2.45, 2.75) is 0 Å². The van der Waals surface area contributed by atoms with Gasteiger partial charge in [0.15, 0.2) is 0 Å². The second kappa shape index (κ2) is 4.57. The van der Waals surface area contributed by atoms with Crippen molar-refractivity contribution in [1.29, 1.82) is 0 Å². The highest BCUT2D eigenvalue weighted by Gasteiger charge is 2.02. The van der Waals surface area contributed by atoms with Gasteiger partial charge in [0, 0.05) is 6.07 Å². The molecule has 0 unspecified atom stereocenters. The standard InChI is InChI=1S/C9H13NO3/c1-12-7-3-4-8(10-6-11)9(5-7)13-2/h3-5,10-11H,6H2,1-2H3. The molecule has 4 nitrogen and oxygen atoms in total. The first-order valence-corrected chi connectivity index (χ1v) is 3.88. The summed E-state index contributed by atoms with van der Waals surface area (Å²) in [4.78, 5) is 0. The number of methoxy groups -OCH3 is 2. The molecule has 13 heavy (non-hydrogen) atoms. The molecule has 1 aromatic rings. The molecule has 0 heterocycles. The van der Waals surface area contributed by atoms with Crippen LogP contribution in [0.3, 0.4) is 0 Å². The average molecular weight is 183 g/mol. The fraction of sp³-hybridized carbons (Fsp3) is 0.333. The number of aliphatic hydroxyl groups excluding tert-OH is 1. The third-order valence-electron chi connectivity index (χ3n) is 1.68. The van der Waals surface area contributed by atoms with Gasteiger partial charge in [0.05, 0.1) is 19.9 Å². The smallest absolute Gasteiger partial charge is 0.145 e. The van der Waals surface area contributed by atoms with Crippen LogP contribution in [0.25, 0.3) is 0 Å². The normalized spacial score (nSPS) is 9.46. The van der Waals surface area contributed by atoms with Crippen LogP contribution in [-0.2, 0) is 0 Å². The monoisotopic (exact) mass is 183 g/mol. The van der Waals surface area contributed by atoms with Crippen molar-refractivity contribution in [2.24, 2.45) is 0 Å². The van der Waals surface area contributed by atoms with Crippen molar-refractivity contribution in [1.82, 2.24) is 0 Å². The highest BCUT2D eigenvalue weighted by molar-refractivity contribution is 5.58. The number of hydrogen-bond acceptors (Lipinski definition) is 4. The van der Waals surface area contributed by atoms with Crippen LogP contribution < -0.4 is 14.8 Å². The molecule has 1 rings (SSSR count). The van der Waals surface area contributed by atoms with E-state index in [0.29, 0.717) is 5.75 Å². The fourth-order valence-electron chi connectivity index (χ4n) is 1.03. The van der Waals surface area contributed by atoms with Gasteiger partial charge in [-0.05, 0) is 12.1 Å². The van der Waals surface area contributed by atoms with Crippen molar-refractivity contribution in [3.8, 4) is 11.5 Å². The zero-order valence-electron chi connectivity index (χ0n) is 7.70. The van der Waals surface area contributed by atoms with Gasteiger partial charge >= 0.3 is 0 Å². The maximum absolute atomic E-state index is 8.67. The zero-order valence-corrected chi connectivity index (χ0v) is 7.70. The van der Waals surface area contributed by atoms with E-state index in [1.54, 1.807) is 32.4 Å². The van der Waals surface area contributed by atoms with Gasteiger partial charge in [0.25, 0.3) is 0 Å². The van der Waals surface area contributed by atoms with Crippen molar-refractivity contribution in [3.63, 3.8) is 0 Å². The molecule has 0 fully saturated rings. The molecule has 1 aromatic carbocycles. The van der Waals surface area contributed by atoms with E-state index in [2.05, 4.69) is 5.32 Å². The van der Waals surface area contributed by atoms with E-state index in [0.717, 1.165) is 11.4 Å². The minimum atomic E-state index is -0.122. The summed E-state index contributed by atoms with van der Waals surface area (Å²) in [6.45, 7) is -0.122. The van der Waals surface area contributed by atoms with E-state index in [4.69, 9.17) is 14.6 Å². The quantitative estimate of drug-likeness (QED) is 0.685. The molecule has 0 aliphatic carbocycles. The van der Waals surface area contributed by atoms with Gasteiger partial charge in [-0.3, -0.25) is 0 Å². The van der Waals surface area contributed by atoms with E-state index in [1.165, 1.54) is 0 Å². The molecule has 0 bridgehead atoms. The maximum atomic E-state index is 8.67. The molecule has 0 aliphatic rings. The van der Waals surface area contributed by atoms with Crippen LogP contribution in [0.4, 0.5) is 5.69 Å². The van der Waals surface area contributed by atoms with Crippen LogP contribution in [-0.4, -0.2) is 26.1 Å². The first-order chi connectivity index (χ1) is 6.31. The van der Waals surface area contributed by atoms with E-state index >= 15 is 0 Å². The van der Waals surface area contributed by atoms with E-state index in [1.807, 2.05) is 0 Å². The van der Waals surface area contributed by atoms with Crippen molar-refractivity contribution >= 4 is 5.69 Å². The topological polar surface area (TPSA) is 50.7 Å². The summed E-state index contributed by atoms with van der Waals surface area (Å²) in [5.74, 6) is 1.37. The molecule has 0 radical (unpaired) electrons. The predicted octanol–water partition coefficient (Wildman–Crippen LogP) is 1.07. The Hall–Kier alpha value is -1.42. The number of rotatable bonds is 4. The average Bonchev–Trinajstić information content (AvgIpc) is 2.19. The molecule has 2 N–H and O–H groups in total. The minimum Gasteiger partial charge on any atom is -0.497 e. The second-order valence-corrected chi connectivity index (χ2v) is 2.40. The van der Waals surface area contributed by atoms with Crippen LogP contribution >= 0.6 is 0 Å². The molecular weight excluding hydrogens is 170 g/mol. The van der Waals surface area contributed by atoms with Crippen LogP contribution in [0.5, 0.6) is 11.5 Å². The summed E-state index contributed by atoms with van der Waals surface area (Å²) in [6.07, 6.45) is 0. The predicted molar refractivity (Wildman–Crippen MR) is 50.3 cm³/mol. The molecule has 0 aliphatic heterocycles.